The molecule has 8 heteroatoms. The van der Waals surface area contributed by atoms with E-state index in [4.69, 9.17) is 0 Å². The first kappa shape index (κ1) is 21.4. The van der Waals surface area contributed by atoms with Crippen molar-refractivity contribution < 1.29 is 13.2 Å². The minimum Gasteiger partial charge on any atom is -0.351 e. The van der Waals surface area contributed by atoms with E-state index in [1.807, 2.05) is 44.2 Å². The molecule has 154 valence electrons. The normalized spacial score (nSPS) is 11.8. The third kappa shape index (κ3) is 5.01. The second-order valence-electron chi connectivity index (χ2n) is 6.73. The van der Waals surface area contributed by atoms with Gasteiger partial charge in [0.1, 0.15) is 10.7 Å². The lowest BCUT2D eigenvalue weighted by Gasteiger charge is -2.21. The Morgan fingerprint density at radius 1 is 1.10 bits per heavy atom. The molecule has 1 N–H and O–H groups in total. The monoisotopic (exact) mass is 431 g/mol. The van der Waals surface area contributed by atoms with Gasteiger partial charge in [-0.25, -0.2) is 13.4 Å². The zero-order valence-corrected chi connectivity index (χ0v) is 18.2. The Kier molecular flexibility index (Phi) is 7.00. The van der Waals surface area contributed by atoms with Crippen LogP contribution in [0.3, 0.4) is 0 Å². The summed E-state index contributed by atoms with van der Waals surface area (Å²) in [5.74, 6) is -0.228. The Labute approximate surface area is 175 Å². The average molecular weight is 432 g/mol. The molecule has 0 atom stereocenters. The van der Waals surface area contributed by atoms with Gasteiger partial charge in [-0.05, 0) is 35.7 Å². The maximum Gasteiger partial charge on any atom is 0.270 e. The summed E-state index contributed by atoms with van der Waals surface area (Å²) in [5.41, 5.74) is 0.331. The number of amides is 1. The number of carbonyl (C=O) groups is 1. The van der Waals surface area contributed by atoms with Crippen LogP contribution in [0.1, 0.15) is 42.2 Å². The van der Waals surface area contributed by atoms with Gasteiger partial charge >= 0.3 is 0 Å². The van der Waals surface area contributed by atoms with Crippen LogP contribution < -0.4 is 5.32 Å². The van der Waals surface area contributed by atoms with Gasteiger partial charge in [-0.15, -0.1) is 11.3 Å². The summed E-state index contributed by atoms with van der Waals surface area (Å²) in [4.78, 5) is 16.7. The molecule has 0 aliphatic rings. The van der Waals surface area contributed by atoms with Crippen molar-refractivity contribution in [2.45, 2.75) is 38.1 Å². The highest BCUT2D eigenvalue weighted by Gasteiger charge is 2.25. The molecule has 0 aliphatic carbocycles. The van der Waals surface area contributed by atoms with Crippen LogP contribution >= 0.6 is 11.3 Å². The number of hydrogen-bond donors (Lipinski definition) is 1. The van der Waals surface area contributed by atoms with Crippen LogP contribution in [-0.4, -0.2) is 36.7 Å². The van der Waals surface area contributed by atoms with Crippen molar-refractivity contribution in [3.05, 3.63) is 58.5 Å². The van der Waals surface area contributed by atoms with Gasteiger partial charge in [0, 0.05) is 18.5 Å². The zero-order valence-electron chi connectivity index (χ0n) is 16.6. The van der Waals surface area contributed by atoms with Gasteiger partial charge in [0.05, 0.1) is 11.4 Å². The second-order valence-corrected chi connectivity index (χ2v) is 9.61. The van der Waals surface area contributed by atoms with E-state index in [2.05, 4.69) is 10.3 Å². The number of rotatable bonds is 9. The van der Waals surface area contributed by atoms with Crippen molar-refractivity contribution in [1.82, 2.24) is 14.6 Å². The number of sulfonamides is 1. The maximum atomic E-state index is 13.3. The van der Waals surface area contributed by atoms with Crippen LogP contribution in [0.2, 0.25) is 0 Å². The standard InChI is InChI=1S/C21H25N3O3S2/c1-3-11-22-21(25)19-15-28-20(23-19)14-24(12-4-2)29(26,27)18-10-9-16-7-5-6-8-17(16)13-18/h5-10,13,15H,3-4,11-12,14H2,1-2H3,(H,22,25). The quantitative estimate of drug-likeness (QED) is 0.555. The van der Waals surface area contributed by atoms with Crippen LogP contribution in [-0.2, 0) is 16.6 Å². The SMILES string of the molecule is CCCNC(=O)c1csc(CN(CCC)S(=O)(=O)c2ccc3ccccc3c2)n1. The smallest absolute Gasteiger partial charge is 0.270 e. The maximum absolute atomic E-state index is 13.3. The van der Waals surface area contributed by atoms with E-state index >= 15 is 0 Å². The highest BCUT2D eigenvalue weighted by atomic mass is 32.2. The molecule has 1 heterocycles. The molecule has 2 aromatic carbocycles. The Bertz CT molecular complexity index is 1090. The first-order chi connectivity index (χ1) is 14.0. The number of benzene rings is 2. The van der Waals surface area contributed by atoms with Crippen LogP contribution in [0.25, 0.3) is 10.8 Å². The van der Waals surface area contributed by atoms with Gasteiger partial charge in [-0.1, -0.05) is 44.2 Å². The van der Waals surface area contributed by atoms with E-state index in [9.17, 15) is 13.2 Å². The molecule has 0 saturated carbocycles. The Morgan fingerprint density at radius 3 is 2.59 bits per heavy atom. The van der Waals surface area contributed by atoms with Crippen molar-refractivity contribution >= 4 is 38.0 Å². The summed E-state index contributed by atoms with van der Waals surface area (Å²) in [7, 11) is -3.68. The highest BCUT2D eigenvalue weighted by Crippen LogP contribution is 2.24. The molecule has 0 saturated heterocycles. The minimum absolute atomic E-state index is 0.148. The summed E-state index contributed by atoms with van der Waals surface area (Å²) >= 11 is 1.30. The lowest BCUT2D eigenvalue weighted by atomic mass is 10.1. The molecule has 3 aromatic rings. The molecule has 0 aliphatic heterocycles. The van der Waals surface area contributed by atoms with E-state index in [0.29, 0.717) is 30.2 Å². The number of hydrogen-bond acceptors (Lipinski definition) is 5. The molecule has 29 heavy (non-hydrogen) atoms. The molecule has 0 spiro atoms. The van der Waals surface area contributed by atoms with E-state index in [1.54, 1.807) is 17.5 Å². The predicted molar refractivity (Wildman–Crippen MR) is 117 cm³/mol. The van der Waals surface area contributed by atoms with Gasteiger partial charge in [0.25, 0.3) is 5.91 Å². The molecule has 0 radical (unpaired) electrons. The lowest BCUT2D eigenvalue weighted by molar-refractivity contribution is 0.0949. The van der Waals surface area contributed by atoms with Gasteiger partial charge in [0.15, 0.2) is 0 Å². The zero-order chi connectivity index (χ0) is 20.9. The molecule has 6 nitrogen and oxygen atoms in total. The number of aromatic nitrogens is 1. The summed E-state index contributed by atoms with van der Waals surface area (Å²) in [5, 5.41) is 6.94. The Hall–Kier alpha value is -2.29. The molecule has 1 amide bonds. The summed E-state index contributed by atoms with van der Waals surface area (Å²) in [6.45, 7) is 5.03. The number of nitrogens with zero attached hydrogens (tertiary/aromatic N) is 2. The average Bonchev–Trinajstić information content (AvgIpc) is 3.20. The van der Waals surface area contributed by atoms with E-state index in [0.717, 1.165) is 17.2 Å². The Balaban J connectivity index is 1.84. The van der Waals surface area contributed by atoms with Gasteiger partial charge in [0.2, 0.25) is 10.0 Å². The fourth-order valence-corrected chi connectivity index (χ4v) is 5.38. The number of thiazole rings is 1. The van der Waals surface area contributed by atoms with Gasteiger partial charge < -0.3 is 5.32 Å². The third-order valence-corrected chi connectivity index (χ3v) is 7.14. The topological polar surface area (TPSA) is 79.4 Å². The van der Waals surface area contributed by atoms with Crippen LogP contribution in [0.5, 0.6) is 0 Å². The molecule has 0 unspecified atom stereocenters. The molecular formula is C21H25N3O3S2. The van der Waals surface area contributed by atoms with Gasteiger partial charge in [-0.3, -0.25) is 4.79 Å². The molecule has 0 bridgehead atoms. The molecule has 3 rings (SSSR count). The van der Waals surface area contributed by atoms with Crippen molar-refractivity contribution in [2.24, 2.45) is 0 Å². The molecule has 0 fully saturated rings. The van der Waals surface area contributed by atoms with E-state index in [-0.39, 0.29) is 17.3 Å². The number of carbonyl (C=O) groups excluding carboxylic acids is 1. The van der Waals surface area contributed by atoms with Crippen molar-refractivity contribution in [2.75, 3.05) is 13.1 Å². The minimum atomic E-state index is -3.68. The largest absolute Gasteiger partial charge is 0.351 e. The van der Waals surface area contributed by atoms with Crippen LogP contribution in [0.4, 0.5) is 0 Å². The fourth-order valence-electron chi connectivity index (χ4n) is 2.98. The summed E-state index contributed by atoms with van der Waals surface area (Å²) < 4.78 is 28.0. The fraction of sp³-hybridized carbons (Fsp3) is 0.333. The second kappa shape index (κ2) is 9.47. The molecule has 1 aromatic heterocycles. The van der Waals surface area contributed by atoms with Crippen molar-refractivity contribution in [3.8, 4) is 0 Å². The first-order valence-corrected chi connectivity index (χ1v) is 12.0. The number of nitrogens with one attached hydrogen (secondary N) is 1. The summed E-state index contributed by atoms with van der Waals surface area (Å²) in [6.07, 6.45) is 1.53. The molecular weight excluding hydrogens is 406 g/mol. The summed E-state index contributed by atoms with van der Waals surface area (Å²) in [6, 6.07) is 12.9. The third-order valence-electron chi connectivity index (χ3n) is 4.46. The van der Waals surface area contributed by atoms with Crippen LogP contribution in [0, 0.1) is 0 Å². The lowest BCUT2D eigenvalue weighted by Crippen LogP contribution is -2.31. The number of fused-ring (bicyclic) bond motifs is 1. The van der Waals surface area contributed by atoms with Crippen molar-refractivity contribution in [1.29, 1.82) is 0 Å². The van der Waals surface area contributed by atoms with Crippen molar-refractivity contribution in [3.63, 3.8) is 0 Å². The Morgan fingerprint density at radius 2 is 1.86 bits per heavy atom. The first-order valence-electron chi connectivity index (χ1n) is 9.67. The van der Waals surface area contributed by atoms with Crippen LogP contribution in [0.15, 0.2) is 52.7 Å². The predicted octanol–water partition coefficient (Wildman–Crippen LogP) is 4.04. The van der Waals surface area contributed by atoms with E-state index < -0.39 is 10.0 Å². The van der Waals surface area contributed by atoms with E-state index in [1.165, 1.54) is 15.6 Å². The highest BCUT2D eigenvalue weighted by molar-refractivity contribution is 7.89. The van der Waals surface area contributed by atoms with Gasteiger partial charge in [-0.2, -0.15) is 4.31 Å².